The molecule has 238 valence electrons. The minimum absolute atomic E-state index is 0.0130. The Labute approximate surface area is 257 Å². The number of alkyl halides is 3. The molecule has 0 amide bonds. The van der Waals surface area contributed by atoms with Gasteiger partial charge in [-0.15, -0.1) is 0 Å². The van der Waals surface area contributed by atoms with Crippen molar-refractivity contribution in [3.05, 3.63) is 59.7 Å². The number of halogens is 5. The summed E-state index contributed by atoms with van der Waals surface area (Å²) in [5, 5.41) is 2.96. The number of rotatable bonds is 6. The summed E-state index contributed by atoms with van der Waals surface area (Å²) >= 11 is 0. The van der Waals surface area contributed by atoms with E-state index in [4.69, 9.17) is 0 Å². The lowest BCUT2D eigenvalue weighted by molar-refractivity contribution is -0.164. The first kappa shape index (κ1) is 30.0. The lowest BCUT2D eigenvalue weighted by Crippen LogP contribution is -2.46. The van der Waals surface area contributed by atoms with Crippen molar-refractivity contribution in [3.63, 3.8) is 0 Å². The van der Waals surface area contributed by atoms with Gasteiger partial charge in [0.15, 0.2) is 11.6 Å². The zero-order valence-corrected chi connectivity index (χ0v) is 25.0. The number of nitrogens with one attached hydrogen (secondary N) is 1. The Bertz CT molecular complexity index is 1680. The van der Waals surface area contributed by atoms with Crippen molar-refractivity contribution in [1.82, 2.24) is 34.3 Å². The molecule has 2 saturated heterocycles. The quantitative estimate of drug-likeness (QED) is 0.240. The molecule has 0 saturated carbocycles. The second-order valence-corrected chi connectivity index (χ2v) is 12.6. The van der Waals surface area contributed by atoms with Gasteiger partial charge in [0.05, 0.1) is 11.7 Å². The smallest absolute Gasteiger partial charge is 0.316 e. The van der Waals surface area contributed by atoms with Crippen LogP contribution in [0.2, 0.25) is 0 Å². The van der Waals surface area contributed by atoms with Crippen LogP contribution in [0.5, 0.6) is 0 Å². The van der Waals surface area contributed by atoms with Gasteiger partial charge in [-0.3, -0.25) is 4.90 Å². The van der Waals surface area contributed by atoms with Crippen LogP contribution >= 0.6 is 0 Å². The van der Waals surface area contributed by atoms with E-state index in [1.54, 1.807) is 12.3 Å². The zero-order chi connectivity index (χ0) is 31.3. The molecular weight excluding hydrogens is 591 g/mol. The van der Waals surface area contributed by atoms with Gasteiger partial charge in [0.1, 0.15) is 28.9 Å². The molecule has 45 heavy (non-hydrogen) atoms. The topological polar surface area (TPSA) is 75.0 Å². The number of pyridine rings is 1. The highest BCUT2D eigenvalue weighted by atomic mass is 19.4. The maximum Gasteiger partial charge on any atom is 0.409 e. The number of fused-ring (bicyclic) bond motifs is 3. The molecule has 1 aromatic carbocycles. The van der Waals surface area contributed by atoms with Crippen LogP contribution in [-0.2, 0) is 13.0 Å². The summed E-state index contributed by atoms with van der Waals surface area (Å²) in [6, 6.07) is 4.30. The molecule has 0 radical (unpaired) electrons. The van der Waals surface area contributed by atoms with Crippen LogP contribution in [0.15, 0.2) is 36.7 Å². The lowest BCUT2D eigenvalue weighted by atomic mass is 9.71. The first-order valence-electron chi connectivity index (χ1n) is 15.6. The second kappa shape index (κ2) is 11.6. The van der Waals surface area contributed by atoms with E-state index >= 15 is 4.39 Å². The molecule has 2 fully saturated rings. The van der Waals surface area contributed by atoms with Gasteiger partial charge in [0.2, 0.25) is 5.95 Å². The van der Waals surface area contributed by atoms with Crippen LogP contribution in [0.4, 0.5) is 33.7 Å². The van der Waals surface area contributed by atoms with Crippen molar-refractivity contribution in [1.29, 1.82) is 0 Å². The number of aromatic nitrogens is 5. The number of imidazole rings is 1. The van der Waals surface area contributed by atoms with E-state index in [0.29, 0.717) is 11.2 Å². The van der Waals surface area contributed by atoms with Crippen LogP contribution in [0.1, 0.15) is 56.5 Å². The van der Waals surface area contributed by atoms with Gasteiger partial charge in [0, 0.05) is 24.7 Å². The Morgan fingerprint density at radius 1 is 0.911 bits per heavy atom. The molecule has 3 aliphatic rings. The summed E-state index contributed by atoms with van der Waals surface area (Å²) in [7, 11) is 0. The normalized spacial score (nSPS) is 20.6. The van der Waals surface area contributed by atoms with Crippen LogP contribution in [-0.4, -0.2) is 73.2 Å². The van der Waals surface area contributed by atoms with E-state index in [0.717, 1.165) is 48.6 Å². The molecule has 1 spiro atoms. The highest BCUT2D eigenvalue weighted by molar-refractivity contribution is 5.83. The van der Waals surface area contributed by atoms with Gasteiger partial charge in [0.25, 0.3) is 0 Å². The van der Waals surface area contributed by atoms with E-state index in [1.807, 2.05) is 6.07 Å². The average molecular weight is 627 g/mol. The number of nitrogens with zero attached hydrogens (tertiary/aromatic N) is 7. The van der Waals surface area contributed by atoms with E-state index in [-0.39, 0.29) is 46.9 Å². The van der Waals surface area contributed by atoms with Crippen LogP contribution in [0.3, 0.4) is 0 Å². The predicted octanol–water partition coefficient (Wildman–Crippen LogP) is 6.66. The second-order valence-electron chi connectivity index (χ2n) is 12.6. The molecule has 6 heterocycles. The SMILES string of the molecule is CCN1CCC2(CC1)CCN(Cc1ccc(Nc3ncc(F)c(-c4cc(F)c5nc6n(c5c4)[C@H](C(F)(F)F)CC6)n3)nc1)CC2. The third-order valence-corrected chi connectivity index (χ3v) is 9.92. The average Bonchev–Trinajstić information content (AvgIpc) is 3.61. The molecule has 7 rings (SSSR count). The van der Waals surface area contributed by atoms with Gasteiger partial charge < -0.3 is 14.8 Å². The highest BCUT2D eigenvalue weighted by Gasteiger charge is 2.46. The summed E-state index contributed by atoms with van der Waals surface area (Å²) in [5.74, 6) is -1.06. The van der Waals surface area contributed by atoms with Gasteiger partial charge in [-0.2, -0.15) is 13.2 Å². The number of hydrogen-bond acceptors (Lipinski definition) is 7. The van der Waals surface area contributed by atoms with E-state index < -0.39 is 23.9 Å². The Balaban J connectivity index is 1.04. The number of benzene rings is 1. The monoisotopic (exact) mass is 626 g/mol. The molecule has 1 N–H and O–H groups in total. The summed E-state index contributed by atoms with van der Waals surface area (Å²) < 4.78 is 72.0. The van der Waals surface area contributed by atoms with Crippen molar-refractivity contribution in [2.75, 3.05) is 38.0 Å². The molecule has 3 aliphatic heterocycles. The number of aryl methyl sites for hydroxylation is 1. The molecule has 0 bridgehead atoms. The Hall–Kier alpha value is -3.71. The Morgan fingerprint density at radius 3 is 2.31 bits per heavy atom. The number of anilines is 2. The zero-order valence-electron chi connectivity index (χ0n) is 25.0. The predicted molar refractivity (Wildman–Crippen MR) is 160 cm³/mol. The first-order valence-corrected chi connectivity index (χ1v) is 15.6. The summed E-state index contributed by atoms with van der Waals surface area (Å²) in [5.41, 5.74) is 1.08. The van der Waals surface area contributed by atoms with Gasteiger partial charge in [-0.25, -0.2) is 28.7 Å². The molecule has 0 unspecified atom stereocenters. The fraction of sp³-hybridized carbons (Fsp3) is 0.500. The molecule has 4 aromatic rings. The third-order valence-electron chi connectivity index (χ3n) is 9.92. The Kier molecular flexibility index (Phi) is 7.71. The van der Waals surface area contributed by atoms with E-state index in [2.05, 4.69) is 42.0 Å². The largest absolute Gasteiger partial charge is 0.409 e. The summed E-state index contributed by atoms with van der Waals surface area (Å²) in [6.45, 7) is 8.73. The lowest BCUT2D eigenvalue weighted by Gasteiger charge is -2.46. The van der Waals surface area contributed by atoms with Gasteiger partial charge in [-0.1, -0.05) is 13.0 Å². The van der Waals surface area contributed by atoms with Crippen molar-refractivity contribution < 1.29 is 22.0 Å². The van der Waals surface area contributed by atoms with Crippen LogP contribution < -0.4 is 5.32 Å². The molecular formula is C32H35F5N8. The fourth-order valence-corrected chi connectivity index (χ4v) is 7.19. The minimum atomic E-state index is -4.52. The third kappa shape index (κ3) is 5.87. The van der Waals surface area contributed by atoms with E-state index in [1.165, 1.54) is 44.8 Å². The highest BCUT2D eigenvalue weighted by Crippen LogP contribution is 2.43. The van der Waals surface area contributed by atoms with Gasteiger partial charge >= 0.3 is 6.18 Å². The minimum Gasteiger partial charge on any atom is -0.316 e. The standard InChI is InChI=1S/C32H35F5N8/c1-2-43-11-7-31(8-12-43)9-13-44(14-10-31)19-20-3-5-26(38-17-20)40-30-39-18-23(34)28(42-30)21-15-22(33)29-24(16-21)45-25(32(35,36)37)4-6-27(45)41-29/h3,5,15-18,25H,2,4,6-14,19H2,1H3,(H,38,39,40,42)/t25-/m0/s1. The number of hydrogen-bond donors (Lipinski definition) is 1. The van der Waals surface area contributed by atoms with Crippen LogP contribution in [0.25, 0.3) is 22.3 Å². The van der Waals surface area contributed by atoms with Crippen molar-refractivity contribution in [2.45, 2.75) is 64.2 Å². The Morgan fingerprint density at radius 2 is 1.64 bits per heavy atom. The molecule has 8 nitrogen and oxygen atoms in total. The fourth-order valence-electron chi connectivity index (χ4n) is 7.19. The molecule has 13 heteroatoms. The van der Waals surface area contributed by atoms with Gasteiger partial charge in [-0.05, 0) is 94.0 Å². The van der Waals surface area contributed by atoms with Crippen molar-refractivity contribution >= 4 is 22.8 Å². The molecule has 1 atom stereocenters. The summed E-state index contributed by atoms with van der Waals surface area (Å²) in [4.78, 5) is 21.8. The van der Waals surface area contributed by atoms with Crippen LogP contribution in [0, 0.1) is 17.0 Å². The molecule has 3 aromatic heterocycles. The maximum atomic E-state index is 15.1. The number of piperidine rings is 2. The first-order chi connectivity index (χ1) is 21.6. The van der Waals surface area contributed by atoms with E-state index in [9.17, 15) is 17.6 Å². The summed E-state index contributed by atoms with van der Waals surface area (Å²) in [6.07, 6.45) is 3.14. The number of likely N-dealkylation sites (tertiary alicyclic amines) is 2. The molecule has 0 aliphatic carbocycles. The maximum absolute atomic E-state index is 15.1. The van der Waals surface area contributed by atoms with Crippen molar-refractivity contribution in [2.24, 2.45) is 5.41 Å². The van der Waals surface area contributed by atoms with Crippen molar-refractivity contribution in [3.8, 4) is 11.3 Å².